The molecule has 1 aliphatic heterocycles. The van der Waals surface area contributed by atoms with Crippen molar-refractivity contribution in [2.75, 3.05) is 31.5 Å². The van der Waals surface area contributed by atoms with Gasteiger partial charge in [-0.2, -0.15) is 0 Å². The number of hydrogen-bond donors (Lipinski definition) is 2. The van der Waals surface area contributed by atoms with E-state index in [1.54, 1.807) is 36.6 Å². The number of rotatable bonds is 5. The molecule has 1 fully saturated rings. The van der Waals surface area contributed by atoms with Gasteiger partial charge in [0.15, 0.2) is 0 Å². The first-order chi connectivity index (χ1) is 16.3. The van der Waals surface area contributed by atoms with Gasteiger partial charge < -0.3 is 10.2 Å². The zero-order valence-electron chi connectivity index (χ0n) is 18.7. The van der Waals surface area contributed by atoms with E-state index in [2.05, 4.69) is 15.2 Å². The molecule has 2 aliphatic rings. The maximum Gasteiger partial charge on any atom is 0.238 e. The molecular weight excluding hydrogens is 474 g/mol. The molecule has 1 amide bonds. The molecule has 0 atom stereocenters. The molecule has 5 rings (SSSR count). The van der Waals surface area contributed by atoms with Crippen LogP contribution in [0, 0.1) is 0 Å². The second kappa shape index (κ2) is 9.02. The van der Waals surface area contributed by atoms with E-state index in [0.29, 0.717) is 11.6 Å². The molecule has 2 aromatic heterocycles. The van der Waals surface area contributed by atoms with Crippen molar-refractivity contribution in [3.63, 3.8) is 0 Å². The molecule has 1 saturated heterocycles. The highest BCUT2D eigenvalue weighted by Crippen LogP contribution is 2.36. The summed E-state index contributed by atoms with van der Waals surface area (Å²) in [4.78, 5) is 31.0. The zero-order chi connectivity index (χ0) is 23.9. The van der Waals surface area contributed by atoms with Crippen LogP contribution in [0.2, 0.25) is 0 Å². The van der Waals surface area contributed by atoms with Crippen LogP contribution in [0.25, 0.3) is 11.4 Å². The largest absolute Gasteiger partial charge is 0.340 e. The Balaban J connectivity index is 1.35. The van der Waals surface area contributed by atoms with Crippen molar-refractivity contribution in [3.05, 3.63) is 45.9 Å². The monoisotopic (exact) mass is 499 g/mol. The molecule has 0 radical (unpaired) electrons. The van der Waals surface area contributed by atoms with Crippen molar-refractivity contribution in [1.29, 1.82) is 0 Å². The SMILES string of the molecule is CC(=O)N1CCN(Cc2nc3c(s2)CCc2cnc(Nc4cccc(S(N)(=O)=O)c4)nc2-3)CC1. The van der Waals surface area contributed by atoms with Crippen molar-refractivity contribution < 1.29 is 13.2 Å². The Labute approximate surface area is 201 Å². The first-order valence-corrected chi connectivity index (χ1v) is 13.4. The number of piperazine rings is 1. The van der Waals surface area contributed by atoms with Gasteiger partial charge in [0.25, 0.3) is 0 Å². The van der Waals surface area contributed by atoms with Gasteiger partial charge in [-0.05, 0) is 36.6 Å². The molecule has 0 unspecified atom stereocenters. The third-order valence-corrected chi connectivity index (χ3v) is 8.06. The Hall–Kier alpha value is -2.93. The summed E-state index contributed by atoms with van der Waals surface area (Å²) in [5.74, 6) is 0.495. The first-order valence-electron chi connectivity index (χ1n) is 11.0. The summed E-state index contributed by atoms with van der Waals surface area (Å²) in [5.41, 5.74) is 3.28. The summed E-state index contributed by atoms with van der Waals surface area (Å²) < 4.78 is 23.3. The minimum absolute atomic E-state index is 0.0195. The van der Waals surface area contributed by atoms with Crippen LogP contribution in [0.3, 0.4) is 0 Å². The Morgan fingerprint density at radius 1 is 1.15 bits per heavy atom. The van der Waals surface area contributed by atoms with Gasteiger partial charge in [0, 0.05) is 49.9 Å². The number of anilines is 2. The number of aromatic nitrogens is 3. The van der Waals surface area contributed by atoms with Gasteiger partial charge in [-0.25, -0.2) is 28.5 Å². The Kier molecular flexibility index (Phi) is 6.06. The topological polar surface area (TPSA) is 134 Å². The fourth-order valence-corrected chi connectivity index (χ4v) is 5.89. The van der Waals surface area contributed by atoms with Crippen LogP contribution in [0.1, 0.15) is 22.4 Å². The summed E-state index contributed by atoms with van der Waals surface area (Å²) in [7, 11) is -3.80. The highest BCUT2D eigenvalue weighted by atomic mass is 32.2. The Bertz CT molecular complexity index is 1350. The molecular formula is C22H25N7O3S2. The van der Waals surface area contributed by atoms with E-state index in [9.17, 15) is 13.2 Å². The van der Waals surface area contributed by atoms with E-state index >= 15 is 0 Å². The predicted octanol–water partition coefficient (Wildman–Crippen LogP) is 1.75. The molecule has 3 N–H and O–H groups in total. The van der Waals surface area contributed by atoms with Gasteiger partial charge >= 0.3 is 0 Å². The minimum atomic E-state index is -3.80. The fraction of sp³-hybridized carbons (Fsp3) is 0.364. The van der Waals surface area contributed by atoms with Crippen molar-refractivity contribution in [2.45, 2.75) is 31.2 Å². The van der Waals surface area contributed by atoms with Gasteiger partial charge in [0.05, 0.1) is 17.1 Å². The lowest BCUT2D eigenvalue weighted by Crippen LogP contribution is -2.47. The third-order valence-electron chi connectivity index (χ3n) is 6.05. The summed E-state index contributed by atoms with van der Waals surface area (Å²) in [5, 5.41) is 9.36. The summed E-state index contributed by atoms with van der Waals surface area (Å²) in [6, 6.07) is 6.24. The van der Waals surface area contributed by atoms with Gasteiger partial charge in [-0.3, -0.25) is 9.69 Å². The lowest BCUT2D eigenvalue weighted by molar-refractivity contribution is -0.130. The number of fused-ring (bicyclic) bond motifs is 3. The molecule has 0 bridgehead atoms. The molecule has 12 heteroatoms. The van der Waals surface area contributed by atoms with Crippen LogP contribution in [-0.4, -0.2) is 65.3 Å². The number of primary sulfonamides is 1. The number of nitrogens with two attached hydrogens (primary N) is 1. The summed E-state index contributed by atoms with van der Waals surface area (Å²) in [6.45, 7) is 5.55. The second-order valence-electron chi connectivity index (χ2n) is 8.43. The second-order valence-corrected chi connectivity index (χ2v) is 11.2. The van der Waals surface area contributed by atoms with Crippen molar-refractivity contribution in [2.24, 2.45) is 5.14 Å². The molecule has 0 spiro atoms. The maximum absolute atomic E-state index is 11.6. The van der Waals surface area contributed by atoms with Crippen LogP contribution >= 0.6 is 11.3 Å². The van der Waals surface area contributed by atoms with Crippen LogP contribution in [0.5, 0.6) is 0 Å². The Morgan fingerprint density at radius 2 is 1.94 bits per heavy atom. The Morgan fingerprint density at radius 3 is 2.68 bits per heavy atom. The van der Waals surface area contributed by atoms with Gasteiger partial charge in [-0.1, -0.05) is 6.07 Å². The molecule has 1 aliphatic carbocycles. The molecule has 3 aromatic rings. The number of nitrogens with one attached hydrogen (secondary N) is 1. The summed E-state index contributed by atoms with van der Waals surface area (Å²) >= 11 is 1.72. The highest BCUT2D eigenvalue weighted by molar-refractivity contribution is 7.89. The van der Waals surface area contributed by atoms with E-state index in [-0.39, 0.29) is 10.8 Å². The molecule has 3 heterocycles. The molecule has 10 nitrogen and oxygen atoms in total. The lowest BCUT2D eigenvalue weighted by Gasteiger charge is -2.33. The van der Waals surface area contributed by atoms with E-state index in [4.69, 9.17) is 15.1 Å². The van der Waals surface area contributed by atoms with Crippen LogP contribution in [-0.2, 0) is 34.2 Å². The number of benzene rings is 1. The quantitative estimate of drug-likeness (QED) is 0.542. The number of aryl methyl sites for hydroxylation is 2. The van der Waals surface area contributed by atoms with Crippen LogP contribution < -0.4 is 10.5 Å². The smallest absolute Gasteiger partial charge is 0.238 e. The van der Waals surface area contributed by atoms with E-state index in [1.807, 2.05) is 4.90 Å². The maximum atomic E-state index is 11.6. The highest BCUT2D eigenvalue weighted by Gasteiger charge is 2.25. The molecule has 178 valence electrons. The van der Waals surface area contributed by atoms with Gasteiger partial charge in [0.2, 0.25) is 21.9 Å². The molecule has 34 heavy (non-hydrogen) atoms. The minimum Gasteiger partial charge on any atom is -0.340 e. The summed E-state index contributed by atoms with van der Waals surface area (Å²) in [6.07, 6.45) is 3.56. The number of amides is 1. The van der Waals surface area contributed by atoms with Gasteiger partial charge in [0.1, 0.15) is 10.7 Å². The standard InChI is InChI=1S/C22H25N7O3S2/c1-14(30)29-9-7-28(8-10-29)13-19-26-21-18(33-19)6-5-15-12-24-22(27-20(15)21)25-16-3-2-4-17(11-16)34(23,31)32/h2-4,11-12H,5-10,13H2,1H3,(H2,23,31,32)(H,24,25,27). The number of sulfonamides is 1. The van der Waals surface area contributed by atoms with E-state index in [0.717, 1.165) is 67.5 Å². The number of hydrogen-bond acceptors (Lipinski definition) is 9. The normalized spacial score (nSPS) is 16.1. The van der Waals surface area contributed by atoms with Gasteiger partial charge in [-0.15, -0.1) is 11.3 Å². The van der Waals surface area contributed by atoms with Crippen molar-refractivity contribution >= 4 is 38.9 Å². The van der Waals surface area contributed by atoms with Crippen molar-refractivity contribution in [3.8, 4) is 11.4 Å². The first kappa shape index (κ1) is 22.8. The van der Waals surface area contributed by atoms with Crippen LogP contribution in [0.4, 0.5) is 11.6 Å². The zero-order valence-corrected chi connectivity index (χ0v) is 20.3. The van der Waals surface area contributed by atoms with E-state index < -0.39 is 10.0 Å². The number of nitrogens with zero attached hydrogens (tertiary/aromatic N) is 5. The fourth-order valence-electron chi connectivity index (χ4n) is 4.22. The third kappa shape index (κ3) is 4.80. The average molecular weight is 500 g/mol. The predicted molar refractivity (Wildman–Crippen MR) is 129 cm³/mol. The van der Waals surface area contributed by atoms with Crippen LogP contribution in [0.15, 0.2) is 35.4 Å². The average Bonchev–Trinajstić information content (AvgIpc) is 3.22. The van der Waals surface area contributed by atoms with Crippen molar-refractivity contribution in [1.82, 2.24) is 24.8 Å². The molecule has 0 saturated carbocycles. The number of carbonyl (C=O) groups is 1. The van der Waals surface area contributed by atoms with E-state index in [1.165, 1.54) is 17.0 Å². The number of carbonyl (C=O) groups excluding carboxylic acids is 1. The lowest BCUT2D eigenvalue weighted by atomic mass is 10.00. The molecule has 1 aromatic carbocycles. The number of thiazole rings is 1.